The Labute approximate surface area is 121 Å². The van der Waals surface area contributed by atoms with Gasteiger partial charge >= 0.3 is 0 Å². The lowest BCUT2D eigenvalue weighted by atomic mass is 9.94. The summed E-state index contributed by atoms with van der Waals surface area (Å²) in [6, 6.07) is 12.9. The molecule has 104 valence electrons. The quantitative estimate of drug-likeness (QED) is 0.609. The molecule has 1 heterocycles. The van der Waals surface area contributed by atoms with E-state index >= 15 is 0 Å². The summed E-state index contributed by atoms with van der Waals surface area (Å²) in [6.45, 7) is 1.78. The number of fused-ring (bicyclic) bond motifs is 1. The molecular formula is C16H14N4O. The molecule has 1 aromatic heterocycles. The van der Waals surface area contributed by atoms with Crippen LogP contribution in [0, 0.1) is 12.3 Å². The number of aromatic nitrogens is 1. The van der Waals surface area contributed by atoms with E-state index in [1.54, 1.807) is 37.3 Å². The zero-order valence-electron chi connectivity index (χ0n) is 11.5. The molecule has 0 spiro atoms. The molecule has 0 aliphatic heterocycles. The minimum Gasteiger partial charge on any atom is -0.427 e. The maximum absolute atomic E-state index is 9.87. The van der Waals surface area contributed by atoms with Gasteiger partial charge in [-0.2, -0.15) is 4.73 Å². The Bertz CT molecular complexity index is 843. The zero-order chi connectivity index (χ0) is 14.8. The Morgan fingerprint density at radius 2 is 1.71 bits per heavy atom. The molecule has 1 aliphatic carbocycles. The molecule has 3 rings (SSSR count). The highest BCUT2D eigenvalue weighted by Gasteiger charge is 2.13. The van der Waals surface area contributed by atoms with Crippen molar-refractivity contribution in [3.8, 4) is 0 Å². The van der Waals surface area contributed by atoms with E-state index in [2.05, 4.69) is 10.2 Å². The van der Waals surface area contributed by atoms with Crippen molar-refractivity contribution in [2.24, 2.45) is 10.2 Å². The predicted octanol–water partition coefficient (Wildman–Crippen LogP) is 2.28. The van der Waals surface area contributed by atoms with E-state index in [9.17, 15) is 5.21 Å². The summed E-state index contributed by atoms with van der Waals surface area (Å²) in [4.78, 5) is 0. The van der Waals surface area contributed by atoms with Crippen LogP contribution in [0.3, 0.4) is 0 Å². The third-order valence-corrected chi connectivity index (χ3v) is 3.30. The summed E-state index contributed by atoms with van der Waals surface area (Å²) in [5.41, 5.74) is 3.85. The molecule has 5 heteroatoms. The minimum atomic E-state index is 0.356. The molecular weight excluding hydrogens is 264 g/mol. The molecule has 2 N–H and O–H groups in total. The lowest BCUT2D eigenvalue weighted by Crippen LogP contribution is -2.20. The molecule has 2 aromatic rings. The van der Waals surface area contributed by atoms with Gasteiger partial charge in [-0.1, -0.05) is 30.3 Å². The Morgan fingerprint density at radius 1 is 0.952 bits per heavy atom. The lowest BCUT2D eigenvalue weighted by molar-refractivity contribution is 0.165. The standard InChI is InChI=1S/C16H14N4O/c1-11-5-4-8-16(20(11)21)19-18-15-10-9-14(17)12-6-2-3-7-13(12)15/h2-10,17,21H,1H3/b17-14?,18-15?,19-16+. The fraction of sp³-hybridized carbons (Fsp3) is 0.0625. The Hall–Kier alpha value is -2.95. The number of allylic oxidation sites excluding steroid dienone is 2. The van der Waals surface area contributed by atoms with Gasteiger partial charge in [-0.25, -0.2) is 0 Å². The van der Waals surface area contributed by atoms with E-state index in [0.717, 1.165) is 15.9 Å². The van der Waals surface area contributed by atoms with E-state index in [-0.39, 0.29) is 0 Å². The first kappa shape index (κ1) is 13.1. The van der Waals surface area contributed by atoms with Gasteiger partial charge in [0.2, 0.25) is 0 Å². The second-order valence-corrected chi connectivity index (χ2v) is 4.71. The van der Waals surface area contributed by atoms with Gasteiger partial charge in [0, 0.05) is 11.1 Å². The van der Waals surface area contributed by atoms with E-state index in [1.807, 2.05) is 24.3 Å². The topological polar surface area (TPSA) is 73.7 Å². The smallest absolute Gasteiger partial charge is 0.190 e. The summed E-state index contributed by atoms with van der Waals surface area (Å²) in [5, 5.41) is 26.1. The fourth-order valence-corrected chi connectivity index (χ4v) is 2.15. The summed E-state index contributed by atoms with van der Waals surface area (Å²) in [7, 11) is 0. The summed E-state index contributed by atoms with van der Waals surface area (Å²) >= 11 is 0. The summed E-state index contributed by atoms with van der Waals surface area (Å²) in [5.74, 6) is 0. The van der Waals surface area contributed by atoms with Gasteiger partial charge in [-0.15, -0.1) is 10.2 Å². The molecule has 5 nitrogen and oxygen atoms in total. The minimum absolute atomic E-state index is 0.356. The van der Waals surface area contributed by atoms with Gasteiger partial charge < -0.3 is 10.6 Å². The maximum Gasteiger partial charge on any atom is 0.190 e. The Balaban J connectivity index is 2.11. The molecule has 0 bridgehead atoms. The van der Waals surface area contributed by atoms with Crippen LogP contribution < -0.4 is 5.49 Å². The Morgan fingerprint density at radius 3 is 2.52 bits per heavy atom. The second-order valence-electron chi connectivity index (χ2n) is 4.71. The number of hydrogen-bond acceptors (Lipinski definition) is 4. The first-order valence-corrected chi connectivity index (χ1v) is 6.53. The monoisotopic (exact) mass is 278 g/mol. The van der Waals surface area contributed by atoms with Gasteiger partial charge in [0.05, 0.1) is 17.1 Å². The predicted molar refractivity (Wildman–Crippen MR) is 80.9 cm³/mol. The van der Waals surface area contributed by atoms with Crippen molar-refractivity contribution in [3.05, 3.63) is 76.9 Å². The Kier molecular flexibility index (Phi) is 3.23. The van der Waals surface area contributed by atoms with Crippen LogP contribution in [0.2, 0.25) is 0 Å². The first-order chi connectivity index (χ1) is 10.2. The van der Waals surface area contributed by atoms with Crippen molar-refractivity contribution in [1.82, 2.24) is 4.73 Å². The third kappa shape index (κ3) is 2.41. The van der Waals surface area contributed by atoms with E-state index < -0.39 is 0 Å². The molecule has 0 unspecified atom stereocenters. The molecule has 0 amide bonds. The molecule has 1 aliphatic rings. The van der Waals surface area contributed by atoms with Crippen LogP contribution in [0.25, 0.3) is 0 Å². The van der Waals surface area contributed by atoms with E-state index in [1.165, 1.54) is 0 Å². The van der Waals surface area contributed by atoms with Crippen LogP contribution in [0.4, 0.5) is 0 Å². The molecule has 0 radical (unpaired) electrons. The van der Waals surface area contributed by atoms with Crippen molar-refractivity contribution >= 4 is 11.4 Å². The average molecular weight is 278 g/mol. The van der Waals surface area contributed by atoms with Crippen molar-refractivity contribution in [2.75, 3.05) is 0 Å². The SMILES string of the molecule is Cc1ccc/c(=N\N=C2C=CC(=N)c3ccccc32)n1O. The molecule has 0 saturated heterocycles. The maximum atomic E-state index is 9.87. The van der Waals surface area contributed by atoms with Crippen LogP contribution in [-0.2, 0) is 0 Å². The van der Waals surface area contributed by atoms with Crippen LogP contribution >= 0.6 is 0 Å². The molecule has 0 saturated carbocycles. The normalized spacial score (nSPS) is 16.3. The molecule has 21 heavy (non-hydrogen) atoms. The van der Waals surface area contributed by atoms with Gasteiger partial charge in [0.25, 0.3) is 0 Å². The van der Waals surface area contributed by atoms with Gasteiger partial charge in [0.15, 0.2) is 5.49 Å². The van der Waals surface area contributed by atoms with Crippen LogP contribution in [0.15, 0.2) is 64.8 Å². The molecule has 0 fully saturated rings. The van der Waals surface area contributed by atoms with Crippen LogP contribution in [0.5, 0.6) is 0 Å². The van der Waals surface area contributed by atoms with E-state index in [4.69, 9.17) is 5.41 Å². The molecule has 0 atom stereocenters. The number of nitrogens with one attached hydrogen (secondary N) is 1. The highest BCUT2D eigenvalue weighted by Crippen LogP contribution is 2.16. The highest BCUT2D eigenvalue weighted by molar-refractivity contribution is 6.24. The highest BCUT2D eigenvalue weighted by atomic mass is 16.5. The second kappa shape index (κ2) is 5.20. The molecule has 1 aromatic carbocycles. The van der Waals surface area contributed by atoms with Crippen LogP contribution in [-0.4, -0.2) is 21.4 Å². The van der Waals surface area contributed by atoms with Crippen molar-refractivity contribution in [1.29, 1.82) is 5.41 Å². The number of benzene rings is 1. The largest absolute Gasteiger partial charge is 0.427 e. The summed E-state index contributed by atoms with van der Waals surface area (Å²) in [6.07, 6.45) is 3.45. The van der Waals surface area contributed by atoms with Gasteiger partial charge in [-0.05, 0) is 31.2 Å². The number of pyridine rings is 1. The number of aryl methyl sites for hydroxylation is 1. The zero-order valence-corrected chi connectivity index (χ0v) is 11.5. The van der Waals surface area contributed by atoms with Crippen molar-refractivity contribution in [2.45, 2.75) is 6.92 Å². The fourth-order valence-electron chi connectivity index (χ4n) is 2.15. The average Bonchev–Trinajstić information content (AvgIpc) is 2.51. The van der Waals surface area contributed by atoms with Crippen LogP contribution in [0.1, 0.15) is 16.8 Å². The third-order valence-electron chi connectivity index (χ3n) is 3.30. The van der Waals surface area contributed by atoms with Gasteiger partial charge in [0.1, 0.15) is 0 Å². The first-order valence-electron chi connectivity index (χ1n) is 6.53. The lowest BCUT2D eigenvalue weighted by Gasteiger charge is -2.12. The summed E-state index contributed by atoms with van der Waals surface area (Å²) < 4.78 is 0.991. The number of hydrogen-bond donors (Lipinski definition) is 2. The van der Waals surface area contributed by atoms with E-state index in [0.29, 0.717) is 22.6 Å². The number of nitrogens with zero attached hydrogens (tertiary/aromatic N) is 3. The van der Waals surface area contributed by atoms with Crippen molar-refractivity contribution in [3.63, 3.8) is 0 Å². The van der Waals surface area contributed by atoms with Gasteiger partial charge in [-0.3, -0.25) is 0 Å². The van der Waals surface area contributed by atoms with Crippen molar-refractivity contribution < 1.29 is 5.21 Å². The number of rotatable bonds is 1.